The van der Waals surface area contributed by atoms with E-state index >= 15 is 0 Å². The van der Waals surface area contributed by atoms with Crippen molar-refractivity contribution in [2.45, 2.75) is 0 Å². The van der Waals surface area contributed by atoms with Crippen LogP contribution in [0.2, 0.25) is 0 Å². The van der Waals surface area contributed by atoms with Crippen LogP contribution >= 0.6 is 0 Å². The van der Waals surface area contributed by atoms with Gasteiger partial charge in [0.25, 0.3) is 0 Å². The molecule has 21 heavy (non-hydrogen) atoms. The lowest BCUT2D eigenvalue weighted by molar-refractivity contribution is 0.619. The summed E-state index contributed by atoms with van der Waals surface area (Å²) in [6.45, 7) is 0. The van der Waals surface area contributed by atoms with Crippen LogP contribution in [0.5, 0.6) is 0 Å². The molecule has 0 aliphatic carbocycles. The summed E-state index contributed by atoms with van der Waals surface area (Å²) in [6.07, 6.45) is 3.49. The molecule has 2 aromatic heterocycles. The van der Waals surface area contributed by atoms with Gasteiger partial charge in [0, 0.05) is 12.4 Å². The van der Waals surface area contributed by atoms with Crippen LogP contribution < -0.4 is 0 Å². The maximum absolute atomic E-state index is 5.79. The average molecular weight is 272 g/mol. The second kappa shape index (κ2) is 4.87. The predicted octanol–water partition coefficient (Wildman–Crippen LogP) is 4.56. The molecule has 0 radical (unpaired) electrons. The summed E-state index contributed by atoms with van der Waals surface area (Å²) >= 11 is 0. The molecule has 0 N–H and O–H groups in total. The molecule has 4 rings (SSSR count). The Bertz CT molecular complexity index is 845. The number of benzene rings is 2. The van der Waals surface area contributed by atoms with E-state index in [1.54, 1.807) is 12.4 Å². The summed E-state index contributed by atoms with van der Waals surface area (Å²) in [7, 11) is 0. The number of oxazole rings is 1. The molecule has 0 bridgehead atoms. The van der Waals surface area contributed by atoms with Crippen LogP contribution in [0.15, 0.2) is 77.5 Å². The van der Waals surface area contributed by atoms with Crippen molar-refractivity contribution in [2.24, 2.45) is 0 Å². The van der Waals surface area contributed by atoms with Crippen molar-refractivity contribution in [3.8, 4) is 22.6 Å². The van der Waals surface area contributed by atoms with E-state index in [1.165, 1.54) is 5.56 Å². The van der Waals surface area contributed by atoms with Crippen molar-refractivity contribution >= 4 is 11.1 Å². The topological polar surface area (TPSA) is 38.9 Å². The van der Waals surface area contributed by atoms with Crippen molar-refractivity contribution in [1.82, 2.24) is 9.97 Å². The standard InChI is InChI=1S/C18H12N2O/c1-2-5-13(6-3-1)14-8-9-17-16(11-14)20-18(21-17)15-7-4-10-19-12-15/h1-12H. The molecule has 100 valence electrons. The molecule has 3 nitrogen and oxygen atoms in total. The van der Waals surface area contributed by atoms with Gasteiger partial charge in [0.2, 0.25) is 5.89 Å². The summed E-state index contributed by atoms with van der Waals surface area (Å²) in [5.74, 6) is 0.600. The molecular formula is C18H12N2O. The lowest BCUT2D eigenvalue weighted by atomic mass is 10.1. The Labute approximate surface area is 121 Å². The van der Waals surface area contributed by atoms with Crippen molar-refractivity contribution < 1.29 is 4.42 Å². The summed E-state index contributed by atoms with van der Waals surface area (Å²) in [6, 6.07) is 20.1. The normalized spacial score (nSPS) is 10.9. The Hall–Kier alpha value is -2.94. The molecule has 3 heteroatoms. The van der Waals surface area contributed by atoms with E-state index < -0.39 is 0 Å². The Balaban J connectivity index is 1.82. The second-order valence-electron chi connectivity index (χ2n) is 4.81. The van der Waals surface area contributed by atoms with Gasteiger partial charge in [-0.25, -0.2) is 4.98 Å². The first-order valence-electron chi connectivity index (χ1n) is 6.76. The van der Waals surface area contributed by atoms with Crippen molar-refractivity contribution in [3.05, 3.63) is 73.1 Å². The zero-order valence-electron chi connectivity index (χ0n) is 11.2. The lowest BCUT2D eigenvalue weighted by Crippen LogP contribution is -1.78. The fraction of sp³-hybridized carbons (Fsp3) is 0. The second-order valence-corrected chi connectivity index (χ2v) is 4.81. The zero-order valence-corrected chi connectivity index (χ0v) is 11.2. The fourth-order valence-electron chi connectivity index (χ4n) is 2.35. The third-order valence-corrected chi connectivity index (χ3v) is 3.40. The van der Waals surface area contributed by atoms with Gasteiger partial charge in [-0.05, 0) is 35.4 Å². The highest BCUT2D eigenvalue weighted by Gasteiger charge is 2.09. The van der Waals surface area contributed by atoms with Gasteiger partial charge in [-0.15, -0.1) is 0 Å². The van der Waals surface area contributed by atoms with Crippen LogP contribution in [0.3, 0.4) is 0 Å². The van der Waals surface area contributed by atoms with Gasteiger partial charge in [0.05, 0.1) is 5.56 Å². The lowest BCUT2D eigenvalue weighted by Gasteiger charge is -1.99. The number of fused-ring (bicyclic) bond motifs is 1. The number of nitrogens with zero attached hydrogens (tertiary/aromatic N) is 2. The highest BCUT2D eigenvalue weighted by atomic mass is 16.3. The van der Waals surface area contributed by atoms with E-state index in [-0.39, 0.29) is 0 Å². The Morgan fingerprint density at radius 1 is 0.762 bits per heavy atom. The van der Waals surface area contributed by atoms with Crippen LogP contribution in [0.4, 0.5) is 0 Å². The van der Waals surface area contributed by atoms with Gasteiger partial charge < -0.3 is 4.42 Å². The van der Waals surface area contributed by atoms with Crippen molar-refractivity contribution in [1.29, 1.82) is 0 Å². The smallest absolute Gasteiger partial charge is 0.228 e. The van der Waals surface area contributed by atoms with Gasteiger partial charge in [0.15, 0.2) is 5.58 Å². The molecule has 0 aliphatic heterocycles. The first-order chi connectivity index (χ1) is 10.4. The van der Waals surface area contributed by atoms with E-state index in [2.05, 4.69) is 28.2 Å². The average Bonchev–Trinajstić information content (AvgIpc) is 2.99. The molecule has 0 fully saturated rings. The molecule has 0 amide bonds. The quantitative estimate of drug-likeness (QED) is 0.537. The maximum atomic E-state index is 5.79. The van der Waals surface area contributed by atoms with E-state index in [0.717, 1.165) is 22.2 Å². The van der Waals surface area contributed by atoms with Gasteiger partial charge in [0.1, 0.15) is 5.52 Å². The zero-order chi connectivity index (χ0) is 14.1. The summed E-state index contributed by atoms with van der Waals surface area (Å²) in [5.41, 5.74) is 4.83. The Kier molecular flexibility index (Phi) is 2.75. The molecule has 0 saturated heterocycles. The maximum Gasteiger partial charge on any atom is 0.228 e. The van der Waals surface area contributed by atoms with Crippen molar-refractivity contribution in [3.63, 3.8) is 0 Å². The molecule has 0 unspecified atom stereocenters. The van der Waals surface area contributed by atoms with Crippen molar-refractivity contribution in [2.75, 3.05) is 0 Å². The van der Waals surface area contributed by atoms with E-state index in [4.69, 9.17) is 4.42 Å². The van der Waals surface area contributed by atoms with E-state index in [0.29, 0.717) is 5.89 Å². The largest absolute Gasteiger partial charge is 0.436 e. The monoisotopic (exact) mass is 272 g/mol. The SMILES string of the molecule is c1ccc(-c2ccc3oc(-c4cccnc4)nc3c2)cc1. The fourth-order valence-corrected chi connectivity index (χ4v) is 2.35. The molecule has 2 heterocycles. The summed E-state index contributed by atoms with van der Waals surface area (Å²) < 4.78 is 5.79. The number of aromatic nitrogens is 2. The first kappa shape index (κ1) is 11.9. The first-order valence-corrected chi connectivity index (χ1v) is 6.76. The molecule has 0 aliphatic rings. The van der Waals surface area contributed by atoms with Crippen LogP contribution in [-0.4, -0.2) is 9.97 Å². The predicted molar refractivity (Wildman–Crippen MR) is 82.7 cm³/mol. The minimum atomic E-state index is 0.600. The molecule has 2 aromatic carbocycles. The number of pyridine rings is 1. The Morgan fingerprint density at radius 2 is 1.62 bits per heavy atom. The molecular weight excluding hydrogens is 260 g/mol. The molecule has 4 aromatic rings. The third kappa shape index (κ3) is 2.19. The third-order valence-electron chi connectivity index (χ3n) is 3.40. The van der Waals surface area contributed by atoms with Crippen LogP contribution in [0.25, 0.3) is 33.7 Å². The van der Waals surface area contributed by atoms with Gasteiger partial charge >= 0.3 is 0 Å². The summed E-state index contributed by atoms with van der Waals surface area (Å²) in [5, 5.41) is 0. The van der Waals surface area contributed by atoms with Gasteiger partial charge in [-0.1, -0.05) is 36.4 Å². The number of hydrogen-bond acceptors (Lipinski definition) is 3. The number of hydrogen-bond donors (Lipinski definition) is 0. The van der Waals surface area contributed by atoms with Crippen LogP contribution in [-0.2, 0) is 0 Å². The molecule has 0 saturated carbocycles. The highest BCUT2D eigenvalue weighted by Crippen LogP contribution is 2.27. The highest BCUT2D eigenvalue weighted by molar-refractivity contribution is 5.82. The van der Waals surface area contributed by atoms with E-state index in [1.807, 2.05) is 42.5 Å². The van der Waals surface area contributed by atoms with Gasteiger partial charge in [-0.2, -0.15) is 0 Å². The molecule has 0 atom stereocenters. The minimum absolute atomic E-state index is 0.600. The van der Waals surface area contributed by atoms with E-state index in [9.17, 15) is 0 Å². The minimum Gasteiger partial charge on any atom is -0.436 e. The number of rotatable bonds is 2. The van der Waals surface area contributed by atoms with Gasteiger partial charge in [-0.3, -0.25) is 4.98 Å². The molecule has 0 spiro atoms. The Morgan fingerprint density at radius 3 is 2.43 bits per heavy atom. The van der Waals surface area contributed by atoms with Crippen LogP contribution in [0, 0.1) is 0 Å². The summed E-state index contributed by atoms with van der Waals surface area (Å²) in [4.78, 5) is 8.66. The van der Waals surface area contributed by atoms with Crippen LogP contribution in [0.1, 0.15) is 0 Å².